The fourth-order valence-electron chi connectivity index (χ4n) is 0.888. The summed E-state index contributed by atoms with van der Waals surface area (Å²) in [6.07, 6.45) is 1.01. The Kier molecular flexibility index (Phi) is 2.21. The molecule has 0 saturated carbocycles. The first kappa shape index (κ1) is 7.73. The van der Waals surface area contributed by atoms with Gasteiger partial charge < -0.3 is 0 Å². The average molecular weight is 150 g/mol. The molecule has 0 radical (unpaired) electrons. The molecule has 0 bridgehead atoms. The molecule has 11 heavy (non-hydrogen) atoms. The van der Waals surface area contributed by atoms with Gasteiger partial charge in [0.15, 0.2) is 5.69 Å². The zero-order chi connectivity index (χ0) is 8.27. The van der Waals surface area contributed by atoms with Crippen molar-refractivity contribution in [2.45, 2.75) is 26.8 Å². The minimum Gasteiger partial charge on any atom is -0.248 e. The van der Waals surface area contributed by atoms with Gasteiger partial charge in [-0.15, -0.1) is 5.10 Å². The number of nitrogens with zero attached hydrogens (tertiary/aromatic N) is 4. The second kappa shape index (κ2) is 3.15. The third-order valence-electron chi connectivity index (χ3n) is 1.52. The summed E-state index contributed by atoms with van der Waals surface area (Å²) in [4.78, 5) is 0. The lowest BCUT2D eigenvalue weighted by Gasteiger charge is -1.97. The van der Waals surface area contributed by atoms with Crippen molar-refractivity contribution in [2.75, 3.05) is 0 Å². The van der Waals surface area contributed by atoms with Crippen molar-refractivity contribution in [1.82, 2.24) is 15.0 Å². The second-order valence-corrected chi connectivity index (χ2v) is 2.36. The molecule has 0 unspecified atom stereocenters. The fourth-order valence-corrected chi connectivity index (χ4v) is 0.888. The number of aromatic nitrogens is 3. The standard InChI is InChI=1S/C7H10N4/c1-3-4-11-6(2)7(5-8)9-10-11/h3-4H2,1-2H3. The monoisotopic (exact) mass is 150 g/mol. The summed E-state index contributed by atoms with van der Waals surface area (Å²) in [6.45, 7) is 4.75. The van der Waals surface area contributed by atoms with E-state index in [1.54, 1.807) is 4.68 Å². The molecule has 1 rings (SSSR count). The lowest BCUT2D eigenvalue weighted by molar-refractivity contribution is 0.566. The first-order valence-corrected chi connectivity index (χ1v) is 3.59. The molecule has 0 saturated heterocycles. The molecule has 0 amide bonds. The summed E-state index contributed by atoms with van der Waals surface area (Å²) in [6, 6.07) is 1.98. The van der Waals surface area contributed by atoms with Crippen molar-refractivity contribution in [3.05, 3.63) is 11.4 Å². The summed E-state index contributed by atoms with van der Waals surface area (Å²) in [7, 11) is 0. The highest BCUT2D eigenvalue weighted by Gasteiger charge is 2.04. The Morgan fingerprint density at radius 3 is 2.82 bits per heavy atom. The van der Waals surface area contributed by atoms with Gasteiger partial charge in [0.25, 0.3) is 0 Å². The highest BCUT2D eigenvalue weighted by Crippen LogP contribution is 2.01. The molecule has 0 atom stereocenters. The zero-order valence-electron chi connectivity index (χ0n) is 6.70. The maximum Gasteiger partial charge on any atom is 0.185 e. The van der Waals surface area contributed by atoms with Crippen molar-refractivity contribution in [2.24, 2.45) is 0 Å². The maximum absolute atomic E-state index is 8.53. The Labute approximate surface area is 65.4 Å². The summed E-state index contributed by atoms with van der Waals surface area (Å²) in [5.41, 5.74) is 1.29. The first-order chi connectivity index (χ1) is 5.29. The van der Waals surface area contributed by atoms with Crippen molar-refractivity contribution < 1.29 is 0 Å². The van der Waals surface area contributed by atoms with E-state index in [0.717, 1.165) is 18.7 Å². The van der Waals surface area contributed by atoms with Crippen molar-refractivity contribution in [1.29, 1.82) is 5.26 Å². The minimum absolute atomic E-state index is 0.429. The smallest absolute Gasteiger partial charge is 0.185 e. The molecule has 4 nitrogen and oxygen atoms in total. The molecule has 1 aromatic rings. The molecule has 0 spiro atoms. The number of hydrogen-bond acceptors (Lipinski definition) is 3. The summed E-state index contributed by atoms with van der Waals surface area (Å²) < 4.78 is 1.75. The SMILES string of the molecule is CCCn1nnc(C#N)c1C. The van der Waals surface area contributed by atoms with E-state index in [9.17, 15) is 0 Å². The lowest BCUT2D eigenvalue weighted by atomic mass is 10.3. The molecule has 0 aliphatic heterocycles. The van der Waals surface area contributed by atoms with Gasteiger partial charge in [0, 0.05) is 6.54 Å². The van der Waals surface area contributed by atoms with E-state index in [0.29, 0.717) is 5.69 Å². The van der Waals surface area contributed by atoms with Crippen LogP contribution >= 0.6 is 0 Å². The first-order valence-electron chi connectivity index (χ1n) is 3.59. The van der Waals surface area contributed by atoms with E-state index in [1.165, 1.54) is 0 Å². The van der Waals surface area contributed by atoms with Crippen LogP contribution < -0.4 is 0 Å². The van der Waals surface area contributed by atoms with Gasteiger partial charge in [-0.1, -0.05) is 12.1 Å². The molecule has 1 heterocycles. The molecule has 0 aliphatic carbocycles. The summed E-state index contributed by atoms with van der Waals surface area (Å²) in [5, 5.41) is 16.1. The average Bonchev–Trinajstić information content (AvgIpc) is 2.34. The summed E-state index contributed by atoms with van der Waals surface area (Å²) >= 11 is 0. The van der Waals surface area contributed by atoms with Crippen molar-refractivity contribution in [3.63, 3.8) is 0 Å². The molecular formula is C7H10N4. The normalized spacial score (nSPS) is 9.55. The molecule has 58 valence electrons. The second-order valence-electron chi connectivity index (χ2n) is 2.36. The van der Waals surface area contributed by atoms with E-state index in [-0.39, 0.29) is 0 Å². The number of hydrogen-bond donors (Lipinski definition) is 0. The molecule has 4 heteroatoms. The van der Waals surface area contributed by atoms with Crippen LogP contribution in [0.3, 0.4) is 0 Å². The van der Waals surface area contributed by atoms with E-state index in [4.69, 9.17) is 5.26 Å². The molecular weight excluding hydrogens is 140 g/mol. The number of nitriles is 1. The van der Waals surface area contributed by atoms with Gasteiger partial charge in [-0.2, -0.15) is 5.26 Å². The Hall–Kier alpha value is -1.37. The van der Waals surface area contributed by atoms with Crippen LogP contribution in [0.25, 0.3) is 0 Å². The van der Waals surface area contributed by atoms with Crippen LogP contribution in [-0.2, 0) is 6.54 Å². The fraction of sp³-hybridized carbons (Fsp3) is 0.571. The topological polar surface area (TPSA) is 54.5 Å². The maximum atomic E-state index is 8.53. The molecule has 0 N–H and O–H groups in total. The van der Waals surface area contributed by atoms with Gasteiger partial charge in [0.05, 0.1) is 5.69 Å². The van der Waals surface area contributed by atoms with E-state index in [2.05, 4.69) is 17.2 Å². The molecule has 1 aromatic heterocycles. The number of rotatable bonds is 2. The van der Waals surface area contributed by atoms with Gasteiger partial charge >= 0.3 is 0 Å². The number of aryl methyl sites for hydroxylation is 1. The Morgan fingerprint density at radius 2 is 2.36 bits per heavy atom. The molecule has 0 aliphatic rings. The minimum atomic E-state index is 0.429. The van der Waals surface area contributed by atoms with E-state index >= 15 is 0 Å². The van der Waals surface area contributed by atoms with Crippen LogP contribution in [0.2, 0.25) is 0 Å². The van der Waals surface area contributed by atoms with Gasteiger partial charge in [0.1, 0.15) is 6.07 Å². The van der Waals surface area contributed by atoms with Crippen LogP contribution in [0, 0.1) is 18.3 Å². The third-order valence-corrected chi connectivity index (χ3v) is 1.52. The van der Waals surface area contributed by atoms with Crippen molar-refractivity contribution >= 4 is 0 Å². The predicted molar refractivity (Wildman–Crippen MR) is 39.8 cm³/mol. The van der Waals surface area contributed by atoms with Crippen LogP contribution in [0.1, 0.15) is 24.7 Å². The van der Waals surface area contributed by atoms with Gasteiger partial charge in [-0.05, 0) is 13.3 Å². The van der Waals surface area contributed by atoms with Crippen LogP contribution in [-0.4, -0.2) is 15.0 Å². The van der Waals surface area contributed by atoms with Gasteiger partial charge in [-0.3, -0.25) is 0 Å². The summed E-state index contributed by atoms with van der Waals surface area (Å²) in [5.74, 6) is 0. The Balaban J connectivity index is 2.93. The largest absolute Gasteiger partial charge is 0.248 e. The predicted octanol–water partition coefficient (Wildman–Crippen LogP) is 0.868. The van der Waals surface area contributed by atoms with Crippen LogP contribution in [0.15, 0.2) is 0 Å². The van der Waals surface area contributed by atoms with Crippen molar-refractivity contribution in [3.8, 4) is 6.07 Å². The third kappa shape index (κ3) is 1.37. The van der Waals surface area contributed by atoms with Gasteiger partial charge in [-0.25, -0.2) is 4.68 Å². The van der Waals surface area contributed by atoms with E-state index < -0.39 is 0 Å². The highest BCUT2D eigenvalue weighted by molar-refractivity contribution is 5.22. The highest BCUT2D eigenvalue weighted by atomic mass is 15.4. The van der Waals surface area contributed by atoms with Crippen LogP contribution in [0.4, 0.5) is 0 Å². The molecule has 0 aromatic carbocycles. The van der Waals surface area contributed by atoms with E-state index in [1.807, 2.05) is 13.0 Å². The van der Waals surface area contributed by atoms with Crippen LogP contribution in [0.5, 0.6) is 0 Å². The zero-order valence-corrected chi connectivity index (χ0v) is 6.70. The Bertz CT molecular complexity index is 281. The van der Waals surface area contributed by atoms with Gasteiger partial charge in [0.2, 0.25) is 0 Å². The lowest BCUT2D eigenvalue weighted by Crippen LogP contribution is -2.01. The Morgan fingerprint density at radius 1 is 1.64 bits per heavy atom. The quantitative estimate of drug-likeness (QED) is 0.628. The molecule has 0 fully saturated rings.